The van der Waals surface area contributed by atoms with E-state index in [0.29, 0.717) is 16.9 Å². The van der Waals surface area contributed by atoms with Crippen LogP contribution in [0.3, 0.4) is 0 Å². The number of amides is 2. The lowest BCUT2D eigenvalue weighted by atomic mass is 10.0. The van der Waals surface area contributed by atoms with E-state index in [1.54, 1.807) is 36.4 Å². The fourth-order valence-electron chi connectivity index (χ4n) is 2.88. The number of Topliss-reactive ketones (excluding diaryl/α,β-unsaturated/α-hetero) is 1. The maximum atomic E-state index is 12.9. The number of carbonyl (C=O) groups excluding carboxylic acids is 3. The van der Waals surface area contributed by atoms with Crippen molar-refractivity contribution >= 4 is 17.6 Å². The van der Waals surface area contributed by atoms with Crippen LogP contribution >= 0.6 is 0 Å². The highest BCUT2D eigenvalue weighted by atomic mass is 16.5. The van der Waals surface area contributed by atoms with Gasteiger partial charge in [-0.3, -0.25) is 19.3 Å². The monoisotopic (exact) mass is 351 g/mol. The molecule has 0 spiro atoms. The van der Waals surface area contributed by atoms with Crippen LogP contribution < -0.4 is 4.74 Å². The molecule has 1 aliphatic heterocycles. The first kappa shape index (κ1) is 17.9. The molecule has 2 aromatic rings. The van der Waals surface area contributed by atoms with Crippen LogP contribution in [0.4, 0.5) is 0 Å². The Morgan fingerprint density at radius 3 is 2.38 bits per heavy atom. The summed E-state index contributed by atoms with van der Waals surface area (Å²) in [6.45, 7) is 5.32. The molecule has 0 unspecified atom stereocenters. The predicted molar refractivity (Wildman–Crippen MR) is 97.2 cm³/mol. The number of rotatable bonds is 4. The van der Waals surface area contributed by atoms with Crippen molar-refractivity contribution in [2.24, 2.45) is 5.92 Å². The van der Waals surface area contributed by atoms with E-state index in [0.717, 1.165) is 10.5 Å². The van der Waals surface area contributed by atoms with Crippen LogP contribution in [0.25, 0.3) is 0 Å². The number of para-hydroxylation sites is 1. The van der Waals surface area contributed by atoms with Gasteiger partial charge in [0.2, 0.25) is 0 Å². The molecule has 1 atom stereocenters. The summed E-state index contributed by atoms with van der Waals surface area (Å²) >= 11 is 0. The zero-order chi connectivity index (χ0) is 18.8. The molecular formula is C21H21NO4. The molecule has 0 radical (unpaired) electrons. The van der Waals surface area contributed by atoms with E-state index in [1.807, 2.05) is 32.9 Å². The van der Waals surface area contributed by atoms with Gasteiger partial charge in [-0.15, -0.1) is 0 Å². The van der Waals surface area contributed by atoms with Gasteiger partial charge in [-0.25, -0.2) is 0 Å². The van der Waals surface area contributed by atoms with Crippen LogP contribution in [0.15, 0.2) is 48.5 Å². The molecule has 0 aromatic heterocycles. The second kappa shape index (κ2) is 7.12. The quantitative estimate of drug-likeness (QED) is 0.626. The first-order chi connectivity index (χ1) is 12.4. The van der Waals surface area contributed by atoms with Crippen molar-refractivity contribution in [2.75, 3.05) is 6.54 Å². The number of ketones is 1. The van der Waals surface area contributed by atoms with E-state index in [4.69, 9.17) is 4.74 Å². The second-order valence-electron chi connectivity index (χ2n) is 6.80. The molecule has 0 N–H and O–H groups in total. The van der Waals surface area contributed by atoms with Crippen molar-refractivity contribution in [3.8, 4) is 5.75 Å². The average molecular weight is 351 g/mol. The van der Waals surface area contributed by atoms with Crippen LogP contribution in [-0.4, -0.2) is 35.1 Å². The molecule has 1 heterocycles. The highest BCUT2D eigenvalue weighted by Gasteiger charge is 2.38. The van der Waals surface area contributed by atoms with Gasteiger partial charge < -0.3 is 4.74 Å². The SMILES string of the molecule is Cc1ccc(C(=O)CN2C(=O)c3ccccc3O[C@H](C(C)C)C2=O)cc1. The maximum absolute atomic E-state index is 12.9. The first-order valence-corrected chi connectivity index (χ1v) is 8.59. The lowest BCUT2D eigenvalue weighted by Gasteiger charge is -2.24. The van der Waals surface area contributed by atoms with Crippen LogP contribution in [-0.2, 0) is 4.79 Å². The summed E-state index contributed by atoms with van der Waals surface area (Å²) in [4.78, 5) is 39.5. The van der Waals surface area contributed by atoms with Crippen LogP contribution in [0.1, 0.15) is 40.1 Å². The average Bonchev–Trinajstić information content (AvgIpc) is 2.72. The minimum atomic E-state index is -0.812. The number of nitrogens with zero attached hydrogens (tertiary/aromatic N) is 1. The fraction of sp³-hybridized carbons (Fsp3) is 0.286. The number of hydrogen-bond donors (Lipinski definition) is 0. The van der Waals surface area contributed by atoms with E-state index >= 15 is 0 Å². The molecule has 0 saturated carbocycles. The largest absolute Gasteiger partial charge is 0.479 e. The summed E-state index contributed by atoms with van der Waals surface area (Å²) in [6.07, 6.45) is -0.812. The Morgan fingerprint density at radius 1 is 1.08 bits per heavy atom. The Balaban J connectivity index is 1.95. The third kappa shape index (κ3) is 3.38. The van der Waals surface area contributed by atoms with Crippen molar-refractivity contribution in [1.29, 1.82) is 0 Å². The van der Waals surface area contributed by atoms with Crippen molar-refractivity contribution in [1.82, 2.24) is 4.90 Å². The van der Waals surface area contributed by atoms with E-state index in [9.17, 15) is 14.4 Å². The zero-order valence-electron chi connectivity index (χ0n) is 15.1. The number of hydrogen-bond acceptors (Lipinski definition) is 4. The van der Waals surface area contributed by atoms with Gasteiger partial charge in [0.15, 0.2) is 11.9 Å². The van der Waals surface area contributed by atoms with Crippen molar-refractivity contribution < 1.29 is 19.1 Å². The van der Waals surface area contributed by atoms with Crippen molar-refractivity contribution in [3.05, 3.63) is 65.2 Å². The van der Waals surface area contributed by atoms with Gasteiger partial charge in [0.05, 0.1) is 12.1 Å². The second-order valence-corrected chi connectivity index (χ2v) is 6.80. The third-order valence-electron chi connectivity index (χ3n) is 4.41. The lowest BCUT2D eigenvalue weighted by molar-refractivity contribution is -0.136. The summed E-state index contributed by atoms with van der Waals surface area (Å²) in [5, 5.41) is 0. The first-order valence-electron chi connectivity index (χ1n) is 8.59. The number of fused-ring (bicyclic) bond motifs is 1. The molecule has 2 aromatic carbocycles. The van der Waals surface area contributed by atoms with Gasteiger partial charge in [0.1, 0.15) is 5.75 Å². The van der Waals surface area contributed by atoms with E-state index in [2.05, 4.69) is 0 Å². The number of benzene rings is 2. The van der Waals surface area contributed by atoms with Gasteiger partial charge >= 0.3 is 0 Å². The number of aryl methyl sites for hydroxylation is 1. The molecule has 3 rings (SSSR count). The van der Waals surface area contributed by atoms with Crippen LogP contribution in [0.2, 0.25) is 0 Å². The smallest absolute Gasteiger partial charge is 0.271 e. The zero-order valence-corrected chi connectivity index (χ0v) is 15.1. The molecule has 0 saturated heterocycles. The Bertz CT molecular complexity index is 855. The highest BCUT2D eigenvalue weighted by molar-refractivity contribution is 6.12. The molecule has 134 valence electrons. The molecule has 5 nitrogen and oxygen atoms in total. The van der Waals surface area contributed by atoms with E-state index in [1.165, 1.54) is 0 Å². The Labute approximate surface area is 152 Å². The normalized spacial score (nSPS) is 16.9. The maximum Gasteiger partial charge on any atom is 0.271 e. The van der Waals surface area contributed by atoms with Gasteiger partial charge in [-0.2, -0.15) is 0 Å². The van der Waals surface area contributed by atoms with Gasteiger partial charge in [0, 0.05) is 5.56 Å². The Kier molecular flexibility index (Phi) is 4.89. The molecular weight excluding hydrogens is 330 g/mol. The van der Waals surface area contributed by atoms with E-state index < -0.39 is 17.9 Å². The summed E-state index contributed by atoms with van der Waals surface area (Å²) in [5.41, 5.74) is 1.79. The van der Waals surface area contributed by atoms with Gasteiger partial charge in [-0.05, 0) is 25.0 Å². The predicted octanol–water partition coefficient (Wildman–Crippen LogP) is 3.26. The van der Waals surface area contributed by atoms with Crippen LogP contribution in [0, 0.1) is 12.8 Å². The minimum absolute atomic E-state index is 0.140. The summed E-state index contributed by atoms with van der Waals surface area (Å²) < 4.78 is 5.81. The third-order valence-corrected chi connectivity index (χ3v) is 4.41. The molecule has 1 aliphatic rings. The summed E-state index contributed by atoms with van der Waals surface area (Å²) in [7, 11) is 0. The number of imide groups is 1. The molecule has 0 bridgehead atoms. The molecule has 2 amide bonds. The van der Waals surface area contributed by atoms with Gasteiger partial charge in [0.25, 0.3) is 11.8 Å². The molecule has 0 aliphatic carbocycles. The Morgan fingerprint density at radius 2 is 1.73 bits per heavy atom. The van der Waals surface area contributed by atoms with Crippen molar-refractivity contribution in [3.63, 3.8) is 0 Å². The van der Waals surface area contributed by atoms with Crippen molar-refractivity contribution in [2.45, 2.75) is 26.9 Å². The van der Waals surface area contributed by atoms with Crippen LogP contribution in [0.5, 0.6) is 5.75 Å². The summed E-state index contributed by atoms with van der Waals surface area (Å²) in [6, 6.07) is 13.8. The van der Waals surface area contributed by atoms with Gasteiger partial charge in [-0.1, -0.05) is 55.8 Å². The topological polar surface area (TPSA) is 63.7 Å². The highest BCUT2D eigenvalue weighted by Crippen LogP contribution is 2.28. The summed E-state index contributed by atoms with van der Waals surface area (Å²) in [5.74, 6) is -1.04. The number of carbonyl (C=O) groups is 3. The molecule has 26 heavy (non-hydrogen) atoms. The minimum Gasteiger partial charge on any atom is -0.479 e. The molecule has 5 heteroatoms. The van der Waals surface area contributed by atoms with E-state index in [-0.39, 0.29) is 18.2 Å². The lowest BCUT2D eigenvalue weighted by Crippen LogP contribution is -2.47. The number of ether oxygens (including phenoxy) is 1. The Hall–Kier alpha value is -2.95. The standard InChI is InChI=1S/C21H21NO4/c1-13(2)19-21(25)22(12-17(23)15-10-8-14(3)9-11-15)20(24)16-6-4-5-7-18(16)26-19/h4-11,13,19H,12H2,1-3H3/t19-/m1/s1. The molecule has 0 fully saturated rings. The fourth-order valence-corrected chi connectivity index (χ4v) is 2.88.